The minimum Gasteiger partial charge on any atom is -0.422 e. The summed E-state index contributed by atoms with van der Waals surface area (Å²) in [6.45, 7) is 0. The maximum Gasteiger partial charge on any atom is 0.317 e. The van der Waals surface area contributed by atoms with Crippen LogP contribution in [-0.4, -0.2) is 20.1 Å². The number of H-pyrrole nitrogens is 1. The molecule has 0 aliphatic heterocycles. The lowest BCUT2D eigenvalue weighted by molar-refractivity contribution is -0.384. The molecule has 0 amide bonds. The maximum absolute atomic E-state index is 10.5. The number of nitrogens with one attached hydrogen (secondary N) is 1. The Morgan fingerprint density at radius 3 is 2.93 bits per heavy atom. The topological polar surface area (TPSA) is 124 Å². The van der Waals surface area contributed by atoms with Crippen molar-refractivity contribution in [3.63, 3.8) is 0 Å². The molecule has 0 atom stereocenters. The van der Waals surface area contributed by atoms with Crippen LogP contribution in [0.1, 0.15) is 0 Å². The minimum atomic E-state index is -0.572. The van der Waals surface area contributed by atoms with Gasteiger partial charge in [0.2, 0.25) is 0 Å². The molecule has 0 unspecified atom stereocenters. The molecule has 72 valence electrons. The second-order valence-electron chi connectivity index (χ2n) is 2.45. The average Bonchev–Trinajstić information content (AvgIpc) is 2.70. The molecule has 0 aliphatic rings. The van der Waals surface area contributed by atoms with E-state index in [1.54, 1.807) is 0 Å². The Bertz CT molecular complexity index is 473. The van der Waals surface area contributed by atoms with Crippen molar-refractivity contribution in [3.8, 4) is 11.5 Å². The van der Waals surface area contributed by atoms with Crippen molar-refractivity contribution in [1.82, 2.24) is 15.2 Å². The molecule has 0 aromatic carbocycles. The van der Waals surface area contributed by atoms with Crippen LogP contribution in [0.25, 0.3) is 11.5 Å². The van der Waals surface area contributed by atoms with E-state index in [-0.39, 0.29) is 23.2 Å². The third-order valence-electron chi connectivity index (χ3n) is 1.59. The monoisotopic (exact) mass is 195 g/mol. The second-order valence-corrected chi connectivity index (χ2v) is 2.45. The number of aromatic nitrogens is 3. The molecule has 0 fully saturated rings. The van der Waals surface area contributed by atoms with Crippen LogP contribution in [0.15, 0.2) is 16.8 Å². The molecular weight excluding hydrogens is 190 g/mol. The van der Waals surface area contributed by atoms with Crippen molar-refractivity contribution < 1.29 is 9.34 Å². The van der Waals surface area contributed by atoms with Crippen LogP contribution in [0, 0.1) is 10.1 Å². The zero-order valence-electron chi connectivity index (χ0n) is 6.80. The highest BCUT2D eigenvalue weighted by Crippen LogP contribution is 2.27. The SMILES string of the molecule is Nc1ncc(-c2[nH]ncc2[N+](=O)[O-])o1. The molecule has 2 aromatic heterocycles. The molecule has 8 heteroatoms. The predicted octanol–water partition coefficient (Wildman–Crippen LogP) is 0.555. The fourth-order valence-electron chi connectivity index (χ4n) is 1.00. The van der Waals surface area contributed by atoms with Crippen molar-refractivity contribution in [1.29, 1.82) is 0 Å². The van der Waals surface area contributed by atoms with Crippen molar-refractivity contribution in [2.75, 3.05) is 5.73 Å². The summed E-state index contributed by atoms with van der Waals surface area (Å²) in [5.41, 5.74) is 5.20. The Hall–Kier alpha value is -2.38. The van der Waals surface area contributed by atoms with Crippen molar-refractivity contribution in [3.05, 3.63) is 22.5 Å². The first kappa shape index (κ1) is 8.23. The molecule has 3 N–H and O–H groups in total. The molecule has 0 saturated heterocycles. The maximum atomic E-state index is 10.5. The summed E-state index contributed by atoms with van der Waals surface area (Å²) in [4.78, 5) is 13.6. The van der Waals surface area contributed by atoms with E-state index in [2.05, 4.69) is 15.2 Å². The summed E-state index contributed by atoms with van der Waals surface area (Å²) in [6.07, 6.45) is 2.38. The first-order valence-electron chi connectivity index (χ1n) is 3.58. The Kier molecular flexibility index (Phi) is 1.67. The Morgan fingerprint density at radius 2 is 2.36 bits per heavy atom. The third-order valence-corrected chi connectivity index (χ3v) is 1.59. The molecule has 0 radical (unpaired) electrons. The number of hydrogen-bond donors (Lipinski definition) is 2. The highest BCUT2D eigenvalue weighted by Gasteiger charge is 2.20. The summed E-state index contributed by atoms with van der Waals surface area (Å²) in [7, 11) is 0. The van der Waals surface area contributed by atoms with Crippen LogP contribution in [0.5, 0.6) is 0 Å². The molecular formula is C6H5N5O3. The summed E-state index contributed by atoms with van der Waals surface area (Å²) < 4.78 is 4.91. The largest absolute Gasteiger partial charge is 0.422 e. The van der Waals surface area contributed by atoms with Gasteiger partial charge < -0.3 is 10.2 Å². The number of nitrogen functional groups attached to an aromatic ring is 1. The highest BCUT2D eigenvalue weighted by molar-refractivity contribution is 5.63. The lowest BCUT2D eigenvalue weighted by Gasteiger charge is -1.89. The predicted molar refractivity (Wildman–Crippen MR) is 45.2 cm³/mol. The fraction of sp³-hybridized carbons (Fsp3) is 0. The number of aromatic amines is 1. The normalized spacial score (nSPS) is 10.3. The van der Waals surface area contributed by atoms with E-state index >= 15 is 0 Å². The van der Waals surface area contributed by atoms with Gasteiger partial charge in [0.05, 0.1) is 11.1 Å². The van der Waals surface area contributed by atoms with Gasteiger partial charge >= 0.3 is 5.69 Å². The van der Waals surface area contributed by atoms with Gasteiger partial charge in [0, 0.05) is 0 Å². The number of nitrogens with zero attached hydrogens (tertiary/aromatic N) is 3. The number of hydrogen-bond acceptors (Lipinski definition) is 6. The van der Waals surface area contributed by atoms with Gasteiger partial charge in [-0.05, 0) is 0 Å². The molecule has 14 heavy (non-hydrogen) atoms. The molecule has 0 saturated carbocycles. The van der Waals surface area contributed by atoms with Gasteiger partial charge in [0.1, 0.15) is 6.20 Å². The average molecular weight is 195 g/mol. The molecule has 2 rings (SSSR count). The lowest BCUT2D eigenvalue weighted by atomic mass is 10.3. The number of oxazole rings is 1. The summed E-state index contributed by atoms with van der Waals surface area (Å²) in [5, 5.41) is 16.5. The standard InChI is InChI=1S/C6H5N5O3/c7-6-8-2-4(14-6)5-3(11(12)13)1-9-10-5/h1-2H,(H2,7,8)(H,9,10). The van der Waals surface area contributed by atoms with Crippen molar-refractivity contribution >= 4 is 11.7 Å². The number of rotatable bonds is 2. The van der Waals surface area contributed by atoms with Gasteiger partial charge in [0.15, 0.2) is 11.5 Å². The van der Waals surface area contributed by atoms with E-state index < -0.39 is 4.92 Å². The molecule has 0 bridgehead atoms. The van der Waals surface area contributed by atoms with Gasteiger partial charge in [-0.25, -0.2) is 4.98 Å². The molecule has 8 nitrogen and oxygen atoms in total. The summed E-state index contributed by atoms with van der Waals surface area (Å²) in [5.74, 6) is 0.187. The van der Waals surface area contributed by atoms with E-state index in [1.807, 2.05) is 0 Å². The number of nitrogens with two attached hydrogens (primary N) is 1. The van der Waals surface area contributed by atoms with Crippen molar-refractivity contribution in [2.45, 2.75) is 0 Å². The zero-order chi connectivity index (χ0) is 10.1. The van der Waals surface area contributed by atoms with E-state index in [9.17, 15) is 10.1 Å². The first-order chi connectivity index (χ1) is 6.68. The lowest BCUT2D eigenvalue weighted by Crippen LogP contribution is -1.88. The molecule has 0 aliphatic carbocycles. The zero-order valence-corrected chi connectivity index (χ0v) is 6.80. The number of anilines is 1. The second kappa shape index (κ2) is 2.83. The van der Waals surface area contributed by atoms with Crippen LogP contribution < -0.4 is 5.73 Å². The Labute approximate surface area is 76.9 Å². The van der Waals surface area contributed by atoms with Gasteiger partial charge in [-0.1, -0.05) is 0 Å². The third kappa shape index (κ3) is 1.18. The smallest absolute Gasteiger partial charge is 0.317 e. The Balaban J connectivity index is 2.51. The van der Waals surface area contributed by atoms with E-state index in [0.29, 0.717) is 0 Å². The van der Waals surface area contributed by atoms with Gasteiger partial charge in [0.25, 0.3) is 6.01 Å². The molecule has 2 heterocycles. The van der Waals surface area contributed by atoms with E-state index in [0.717, 1.165) is 6.20 Å². The highest BCUT2D eigenvalue weighted by atomic mass is 16.6. The minimum absolute atomic E-state index is 0.0519. The van der Waals surface area contributed by atoms with Gasteiger partial charge in [-0.2, -0.15) is 5.10 Å². The van der Waals surface area contributed by atoms with Crippen LogP contribution >= 0.6 is 0 Å². The van der Waals surface area contributed by atoms with Crippen molar-refractivity contribution in [2.24, 2.45) is 0 Å². The van der Waals surface area contributed by atoms with Crippen LogP contribution in [0.3, 0.4) is 0 Å². The Morgan fingerprint density at radius 1 is 1.57 bits per heavy atom. The van der Waals surface area contributed by atoms with E-state index in [4.69, 9.17) is 10.2 Å². The van der Waals surface area contributed by atoms with Gasteiger partial charge in [-0.3, -0.25) is 15.2 Å². The summed E-state index contributed by atoms with van der Waals surface area (Å²) in [6, 6.07) is -0.0519. The number of nitro groups is 1. The van der Waals surface area contributed by atoms with E-state index in [1.165, 1.54) is 6.20 Å². The quantitative estimate of drug-likeness (QED) is 0.532. The fourth-order valence-corrected chi connectivity index (χ4v) is 1.00. The van der Waals surface area contributed by atoms with Gasteiger partial charge in [-0.15, -0.1) is 0 Å². The van der Waals surface area contributed by atoms with Crippen LogP contribution in [-0.2, 0) is 0 Å². The molecule has 0 spiro atoms. The molecule has 2 aromatic rings. The van der Waals surface area contributed by atoms with Crippen LogP contribution in [0.2, 0.25) is 0 Å². The van der Waals surface area contributed by atoms with Crippen LogP contribution in [0.4, 0.5) is 11.7 Å². The summed E-state index contributed by atoms with van der Waals surface area (Å²) >= 11 is 0. The first-order valence-corrected chi connectivity index (χ1v) is 3.58.